The molecule has 0 saturated carbocycles. The molecule has 15 rings (SSSR count). The van der Waals surface area contributed by atoms with Gasteiger partial charge in [0.2, 0.25) is 0 Å². The van der Waals surface area contributed by atoms with E-state index in [9.17, 15) is 10.5 Å². The molecule has 0 unspecified atom stereocenters. The van der Waals surface area contributed by atoms with Crippen LogP contribution in [-0.2, 0) is 0 Å². The lowest BCUT2D eigenvalue weighted by Gasteiger charge is -2.27. The minimum absolute atomic E-state index is 0.354. The van der Waals surface area contributed by atoms with E-state index >= 15 is 0 Å². The summed E-state index contributed by atoms with van der Waals surface area (Å²) in [5.74, 6) is 0. The number of aromatic nitrogens is 4. The molecule has 69 heavy (non-hydrogen) atoms. The minimum Gasteiger partial charge on any atom is -0.455 e. The number of fused-ring (bicyclic) bond motifs is 16. The van der Waals surface area contributed by atoms with Crippen LogP contribution in [0.15, 0.2) is 211 Å². The molecule has 0 bridgehead atoms. The molecule has 0 spiro atoms. The molecule has 7 heteroatoms. The van der Waals surface area contributed by atoms with Gasteiger partial charge >= 0.3 is 0 Å². The van der Waals surface area contributed by atoms with E-state index in [1.54, 1.807) is 0 Å². The zero-order valence-electron chi connectivity index (χ0n) is 36.7. The van der Waals surface area contributed by atoms with Crippen LogP contribution in [0, 0.1) is 22.7 Å². The van der Waals surface area contributed by atoms with Gasteiger partial charge in [0.1, 0.15) is 34.4 Å². The van der Waals surface area contributed by atoms with Crippen LogP contribution in [0.4, 0.5) is 0 Å². The van der Waals surface area contributed by atoms with Crippen molar-refractivity contribution in [3.05, 3.63) is 217 Å². The molecule has 0 aliphatic heterocycles. The van der Waals surface area contributed by atoms with Gasteiger partial charge in [0, 0.05) is 48.5 Å². The van der Waals surface area contributed by atoms with Gasteiger partial charge < -0.3 is 22.7 Å². The molecule has 0 radical (unpaired) electrons. The summed E-state index contributed by atoms with van der Waals surface area (Å²) in [6.07, 6.45) is 0. The number of furan rings is 1. The Labute approximate surface area is 392 Å². The van der Waals surface area contributed by atoms with Gasteiger partial charge in [-0.15, -0.1) is 0 Å². The zero-order chi connectivity index (χ0) is 45.5. The van der Waals surface area contributed by atoms with E-state index in [1.165, 1.54) is 0 Å². The van der Waals surface area contributed by atoms with Crippen molar-refractivity contribution in [2.45, 2.75) is 0 Å². The fraction of sp³-hybridized carbons (Fsp3) is 0. The topological polar surface area (TPSA) is 80.4 Å². The van der Waals surface area contributed by atoms with Crippen molar-refractivity contribution < 1.29 is 4.42 Å². The van der Waals surface area contributed by atoms with E-state index in [0.29, 0.717) is 33.9 Å². The number of rotatable bonds is 4. The summed E-state index contributed by atoms with van der Waals surface area (Å²) in [6.45, 7) is 0. The van der Waals surface area contributed by atoms with Gasteiger partial charge in [-0.2, -0.15) is 10.5 Å². The second-order valence-corrected chi connectivity index (χ2v) is 17.8. The van der Waals surface area contributed by atoms with E-state index in [0.717, 1.165) is 109 Å². The van der Waals surface area contributed by atoms with Crippen molar-refractivity contribution >= 4 is 109 Å². The summed E-state index contributed by atoms with van der Waals surface area (Å²) in [5.41, 5.74) is 12.1. The summed E-state index contributed by atoms with van der Waals surface area (Å²) >= 11 is 0. The third-order valence-corrected chi connectivity index (χ3v) is 14.4. The average molecular weight is 879 g/mol. The van der Waals surface area contributed by atoms with Crippen LogP contribution in [-0.4, -0.2) is 18.3 Å². The molecule has 7 nitrogen and oxygen atoms in total. The Bertz CT molecular complexity index is 4510. The Morgan fingerprint density at radius 2 is 0.594 bits per heavy atom. The maximum atomic E-state index is 12.4. The first kappa shape index (κ1) is 37.4. The predicted molar refractivity (Wildman–Crippen MR) is 281 cm³/mol. The third-order valence-electron chi connectivity index (χ3n) is 14.4. The van der Waals surface area contributed by atoms with Crippen LogP contribution in [0.5, 0.6) is 0 Å². The maximum absolute atomic E-state index is 12.4. The van der Waals surface area contributed by atoms with Crippen LogP contribution < -0.4 is 0 Å². The lowest BCUT2D eigenvalue weighted by atomic mass is 9.98. The lowest BCUT2D eigenvalue weighted by Crippen LogP contribution is -2.16. The number of nitrogens with zero attached hydrogens (tertiary/aromatic N) is 6. The Morgan fingerprint density at radius 3 is 1.00 bits per heavy atom. The Morgan fingerprint density at radius 1 is 0.275 bits per heavy atom. The minimum atomic E-state index is 0.354. The van der Waals surface area contributed by atoms with Crippen molar-refractivity contribution in [3.63, 3.8) is 0 Å². The molecular weight excluding hydrogens is 845 g/mol. The second-order valence-electron chi connectivity index (χ2n) is 17.8. The number of hydrogen-bond acceptors (Lipinski definition) is 3. The van der Waals surface area contributed by atoms with E-state index in [-0.39, 0.29) is 0 Å². The molecule has 0 aliphatic carbocycles. The summed E-state index contributed by atoms with van der Waals surface area (Å²) in [7, 11) is 0. The van der Waals surface area contributed by atoms with E-state index in [2.05, 4.69) is 206 Å². The first-order chi connectivity index (χ1) is 34.2. The van der Waals surface area contributed by atoms with Gasteiger partial charge in [0.05, 0.1) is 72.3 Å². The third kappa shape index (κ3) is 4.82. The van der Waals surface area contributed by atoms with Crippen LogP contribution in [0.2, 0.25) is 0 Å². The van der Waals surface area contributed by atoms with Gasteiger partial charge in [-0.05, 0) is 60.7 Å². The summed E-state index contributed by atoms with van der Waals surface area (Å²) in [4.78, 5) is 0. The van der Waals surface area contributed by atoms with Gasteiger partial charge in [-0.25, -0.2) is 0 Å². The van der Waals surface area contributed by atoms with Crippen molar-refractivity contribution in [2.75, 3.05) is 0 Å². The lowest BCUT2D eigenvalue weighted by molar-refractivity contribution is 0.673. The van der Waals surface area contributed by atoms with E-state index in [1.807, 2.05) is 30.3 Å². The van der Waals surface area contributed by atoms with Crippen molar-refractivity contribution in [3.8, 4) is 34.9 Å². The van der Waals surface area contributed by atoms with Crippen LogP contribution in [0.25, 0.3) is 132 Å². The molecule has 15 aromatic rings. The molecule has 0 atom stereocenters. The molecule has 0 amide bonds. The molecule has 5 aromatic heterocycles. The molecular formula is C62H34N6O. The molecule has 0 fully saturated rings. The van der Waals surface area contributed by atoms with Crippen LogP contribution in [0.3, 0.4) is 0 Å². The smallest absolute Gasteiger partial charge is 0.145 e. The number of nitriles is 2. The molecule has 0 aliphatic rings. The van der Waals surface area contributed by atoms with E-state index < -0.39 is 0 Å². The highest BCUT2D eigenvalue weighted by molar-refractivity contribution is 6.24. The van der Waals surface area contributed by atoms with Crippen molar-refractivity contribution in [2.24, 2.45) is 0 Å². The first-order valence-corrected chi connectivity index (χ1v) is 23.1. The number of hydrogen-bond donors (Lipinski definition) is 0. The predicted octanol–water partition coefficient (Wildman–Crippen LogP) is 15.7. The van der Waals surface area contributed by atoms with Crippen molar-refractivity contribution in [1.82, 2.24) is 18.3 Å². The Kier molecular flexibility index (Phi) is 7.51. The van der Waals surface area contributed by atoms with Crippen molar-refractivity contribution in [1.29, 1.82) is 10.5 Å². The van der Waals surface area contributed by atoms with Gasteiger partial charge in [0.15, 0.2) is 0 Å². The van der Waals surface area contributed by atoms with Gasteiger partial charge in [-0.1, -0.05) is 146 Å². The summed E-state index contributed by atoms with van der Waals surface area (Å²) < 4.78 is 15.8. The quantitative estimate of drug-likeness (QED) is 0.177. The maximum Gasteiger partial charge on any atom is 0.145 e. The highest BCUT2D eigenvalue weighted by Crippen LogP contribution is 2.49. The Hall–Kier alpha value is -9.82. The Balaban J connectivity index is 1.27. The van der Waals surface area contributed by atoms with Gasteiger partial charge in [0.25, 0.3) is 0 Å². The second kappa shape index (κ2) is 13.9. The van der Waals surface area contributed by atoms with Crippen LogP contribution in [0.1, 0.15) is 11.1 Å². The largest absolute Gasteiger partial charge is 0.455 e. The van der Waals surface area contributed by atoms with Gasteiger partial charge in [-0.3, -0.25) is 0 Å². The molecule has 5 heterocycles. The highest BCUT2D eigenvalue weighted by Gasteiger charge is 2.34. The SMILES string of the molecule is N#Cc1c(-n2c3ccccc3c3ccccc32)c(-n2c3ccccc3c3ccccc32)c(-n2c3ccccc3c3ccccc32)c(C#N)c1-n1c2ccccc2c2c3oc4ccccc4c3ccc21. The number of benzene rings is 10. The van der Waals surface area contributed by atoms with E-state index in [4.69, 9.17) is 4.42 Å². The molecule has 318 valence electrons. The highest BCUT2D eigenvalue weighted by atomic mass is 16.3. The normalized spacial score (nSPS) is 12.0. The average Bonchev–Trinajstić information content (AvgIpc) is 4.21. The standard InChI is InChI=1S/C62H34N6O/c63-35-46-58(68-54-31-15-7-24-45(54)57-55(68)34-33-44-43-23-8-16-32-56(43)69-62(44)57)47(36-64)60(66-50-27-11-3-19-39(50)40-20-4-12-28-51(40)66)61(67-52-29-13-5-21-41(52)42-22-6-14-30-53(42)67)59(46)65-48-25-9-1-17-37(48)38-18-2-10-26-49(38)65/h1-34H. The van der Waals surface area contributed by atoms with Crippen LogP contribution >= 0.6 is 0 Å². The fourth-order valence-corrected chi connectivity index (χ4v) is 11.7. The zero-order valence-corrected chi connectivity index (χ0v) is 36.7. The molecule has 0 N–H and O–H groups in total. The fourth-order valence-electron chi connectivity index (χ4n) is 11.7. The molecule has 0 saturated heterocycles. The summed E-state index contributed by atoms with van der Waals surface area (Å²) in [5, 5.41) is 35.0. The number of para-hydroxylation sites is 8. The monoisotopic (exact) mass is 878 g/mol. The first-order valence-electron chi connectivity index (χ1n) is 23.1. The molecule has 10 aromatic carbocycles. The summed E-state index contributed by atoms with van der Waals surface area (Å²) in [6, 6.07) is 77.0.